The number of ether oxygens (including phenoxy) is 1. The predicted molar refractivity (Wildman–Crippen MR) is 115 cm³/mol. The number of fused-ring (bicyclic) bond motifs is 1. The number of nitrogens with zero attached hydrogens (tertiary/aromatic N) is 3. The highest BCUT2D eigenvalue weighted by Gasteiger charge is 2.25. The van der Waals surface area contributed by atoms with Crippen LogP contribution in [0.25, 0.3) is 11.0 Å². The summed E-state index contributed by atoms with van der Waals surface area (Å²) in [5.74, 6) is 2.77. The van der Waals surface area contributed by atoms with Gasteiger partial charge in [-0.05, 0) is 45.0 Å². The van der Waals surface area contributed by atoms with E-state index in [-0.39, 0.29) is 17.8 Å². The SMILES string of the molecule is C#CC[C@@H](NC(=O)OC(C)(C)C)c1nc2cccnc2c(=O)n1Nc1ccccc1. The van der Waals surface area contributed by atoms with Gasteiger partial charge in [0.25, 0.3) is 5.56 Å². The number of carbonyl (C=O) groups excluding carboxylic acids is 1. The Morgan fingerprint density at radius 1 is 1.23 bits per heavy atom. The average molecular weight is 405 g/mol. The monoisotopic (exact) mass is 405 g/mol. The van der Waals surface area contributed by atoms with E-state index in [4.69, 9.17) is 11.2 Å². The van der Waals surface area contributed by atoms with Gasteiger partial charge in [-0.25, -0.2) is 19.4 Å². The molecule has 8 nitrogen and oxygen atoms in total. The summed E-state index contributed by atoms with van der Waals surface area (Å²) in [7, 11) is 0. The van der Waals surface area contributed by atoms with E-state index in [1.807, 2.05) is 18.2 Å². The largest absolute Gasteiger partial charge is 0.444 e. The van der Waals surface area contributed by atoms with Gasteiger partial charge in [-0.1, -0.05) is 18.2 Å². The molecule has 2 aromatic heterocycles. The van der Waals surface area contributed by atoms with Crippen LogP contribution in [0.4, 0.5) is 10.5 Å². The van der Waals surface area contributed by atoms with Gasteiger partial charge in [0.1, 0.15) is 11.6 Å². The first kappa shape index (κ1) is 20.9. The number of anilines is 1. The molecule has 0 unspecified atom stereocenters. The lowest BCUT2D eigenvalue weighted by molar-refractivity contribution is 0.0501. The molecule has 1 atom stereocenters. The quantitative estimate of drug-likeness (QED) is 0.633. The Morgan fingerprint density at radius 2 is 1.97 bits per heavy atom. The molecule has 3 rings (SSSR count). The fourth-order valence-corrected chi connectivity index (χ4v) is 2.79. The maximum Gasteiger partial charge on any atom is 0.408 e. The first-order valence-electron chi connectivity index (χ1n) is 9.41. The van der Waals surface area contributed by atoms with Crippen molar-refractivity contribution in [1.82, 2.24) is 20.0 Å². The lowest BCUT2D eigenvalue weighted by Gasteiger charge is -2.24. The molecule has 1 amide bonds. The summed E-state index contributed by atoms with van der Waals surface area (Å²) in [4.78, 5) is 34.3. The zero-order valence-electron chi connectivity index (χ0n) is 17.0. The van der Waals surface area contributed by atoms with Gasteiger partial charge in [0.05, 0.1) is 11.2 Å². The van der Waals surface area contributed by atoms with E-state index >= 15 is 0 Å². The molecule has 0 aliphatic rings. The molecule has 30 heavy (non-hydrogen) atoms. The number of nitrogens with one attached hydrogen (secondary N) is 2. The molecule has 0 spiro atoms. The lowest BCUT2D eigenvalue weighted by atomic mass is 10.2. The van der Waals surface area contributed by atoms with Crippen molar-refractivity contribution >= 4 is 22.8 Å². The van der Waals surface area contributed by atoms with Crippen LogP contribution < -0.4 is 16.3 Å². The van der Waals surface area contributed by atoms with Crippen LogP contribution in [0.2, 0.25) is 0 Å². The molecule has 0 aliphatic heterocycles. The van der Waals surface area contributed by atoms with Crippen LogP contribution in [0.5, 0.6) is 0 Å². The number of pyridine rings is 1. The molecule has 0 bridgehead atoms. The number of aromatic nitrogens is 3. The smallest absolute Gasteiger partial charge is 0.408 e. The fourth-order valence-electron chi connectivity index (χ4n) is 2.79. The molecule has 1 aromatic carbocycles. The number of amides is 1. The Labute approximate surface area is 174 Å². The minimum absolute atomic E-state index is 0.105. The zero-order chi connectivity index (χ0) is 21.7. The molecule has 0 aliphatic carbocycles. The third kappa shape index (κ3) is 4.94. The number of para-hydroxylation sites is 1. The molecule has 0 radical (unpaired) electrons. The summed E-state index contributed by atoms with van der Waals surface area (Å²) in [5.41, 5.74) is 3.19. The molecule has 154 valence electrons. The third-order valence-electron chi connectivity index (χ3n) is 4.00. The van der Waals surface area contributed by atoms with E-state index in [2.05, 4.69) is 26.6 Å². The minimum Gasteiger partial charge on any atom is -0.444 e. The second-order valence-corrected chi connectivity index (χ2v) is 7.57. The van der Waals surface area contributed by atoms with Crippen LogP contribution in [0.15, 0.2) is 53.5 Å². The van der Waals surface area contributed by atoms with E-state index < -0.39 is 23.3 Å². The van der Waals surface area contributed by atoms with Crippen molar-refractivity contribution in [3.63, 3.8) is 0 Å². The molecule has 0 saturated heterocycles. The summed E-state index contributed by atoms with van der Waals surface area (Å²) in [6, 6.07) is 11.7. The highest BCUT2D eigenvalue weighted by Crippen LogP contribution is 2.18. The van der Waals surface area contributed by atoms with Crippen LogP contribution in [-0.2, 0) is 4.74 Å². The Bertz CT molecular complexity index is 1140. The Balaban J connectivity index is 2.10. The van der Waals surface area contributed by atoms with Gasteiger partial charge in [-0.2, -0.15) is 0 Å². The molecular formula is C22H23N5O3. The van der Waals surface area contributed by atoms with Crippen molar-refractivity contribution < 1.29 is 9.53 Å². The maximum absolute atomic E-state index is 13.2. The van der Waals surface area contributed by atoms with E-state index in [0.29, 0.717) is 11.2 Å². The van der Waals surface area contributed by atoms with Crippen LogP contribution >= 0.6 is 0 Å². The minimum atomic E-state index is -0.765. The van der Waals surface area contributed by atoms with Gasteiger partial charge in [-0.15, -0.1) is 12.3 Å². The first-order chi connectivity index (χ1) is 14.3. The highest BCUT2D eigenvalue weighted by atomic mass is 16.6. The summed E-state index contributed by atoms with van der Waals surface area (Å²) >= 11 is 0. The van der Waals surface area contributed by atoms with E-state index in [1.54, 1.807) is 45.0 Å². The van der Waals surface area contributed by atoms with Crippen LogP contribution in [0.3, 0.4) is 0 Å². The van der Waals surface area contributed by atoms with Crippen LogP contribution in [0, 0.1) is 12.3 Å². The average Bonchev–Trinajstić information content (AvgIpc) is 2.69. The molecule has 2 N–H and O–H groups in total. The number of rotatable bonds is 5. The number of carbonyl (C=O) groups is 1. The van der Waals surface area contributed by atoms with E-state index in [1.165, 1.54) is 10.9 Å². The standard InChI is InChI=1S/C22H23N5O3/c1-5-10-17(25-21(29)30-22(2,3)4)19-24-16-13-9-14-23-18(16)20(28)27(19)26-15-11-7-6-8-12-15/h1,6-9,11-14,17,26H,10H2,2-4H3,(H,25,29)/t17-/m1/s1. The Hall–Kier alpha value is -3.86. The fraction of sp³-hybridized carbons (Fsp3) is 0.273. The van der Waals surface area contributed by atoms with Gasteiger partial charge in [-0.3, -0.25) is 10.2 Å². The summed E-state index contributed by atoms with van der Waals surface area (Å²) < 4.78 is 6.60. The second kappa shape index (κ2) is 8.66. The van der Waals surface area contributed by atoms with E-state index in [0.717, 1.165) is 0 Å². The third-order valence-corrected chi connectivity index (χ3v) is 4.00. The van der Waals surface area contributed by atoms with Crippen molar-refractivity contribution in [3.05, 3.63) is 64.8 Å². The first-order valence-corrected chi connectivity index (χ1v) is 9.41. The van der Waals surface area contributed by atoms with Gasteiger partial charge in [0, 0.05) is 12.6 Å². The van der Waals surface area contributed by atoms with Crippen molar-refractivity contribution in [2.24, 2.45) is 0 Å². The number of hydrogen-bond donors (Lipinski definition) is 2. The number of hydrogen-bond acceptors (Lipinski definition) is 6. The van der Waals surface area contributed by atoms with Crippen molar-refractivity contribution in [2.45, 2.75) is 38.8 Å². The number of benzene rings is 1. The van der Waals surface area contributed by atoms with Crippen molar-refractivity contribution in [2.75, 3.05) is 5.43 Å². The maximum atomic E-state index is 13.2. The van der Waals surface area contributed by atoms with Gasteiger partial charge < -0.3 is 10.1 Å². The summed E-state index contributed by atoms with van der Waals surface area (Å²) in [6.45, 7) is 5.28. The Kier molecular flexibility index (Phi) is 6.02. The number of alkyl carbamates (subject to hydrolysis) is 1. The van der Waals surface area contributed by atoms with Crippen LogP contribution in [-0.4, -0.2) is 26.3 Å². The second-order valence-electron chi connectivity index (χ2n) is 7.57. The molecule has 3 aromatic rings. The lowest BCUT2D eigenvalue weighted by Crippen LogP contribution is -2.40. The van der Waals surface area contributed by atoms with Gasteiger partial charge in [0.15, 0.2) is 11.3 Å². The van der Waals surface area contributed by atoms with Crippen molar-refractivity contribution in [1.29, 1.82) is 0 Å². The molecular weight excluding hydrogens is 382 g/mol. The van der Waals surface area contributed by atoms with E-state index in [9.17, 15) is 9.59 Å². The zero-order valence-corrected chi connectivity index (χ0v) is 17.0. The summed E-state index contributed by atoms with van der Waals surface area (Å²) in [6.07, 6.45) is 6.50. The highest BCUT2D eigenvalue weighted by molar-refractivity contribution is 5.73. The van der Waals surface area contributed by atoms with Crippen LogP contribution in [0.1, 0.15) is 39.1 Å². The molecule has 8 heteroatoms. The Morgan fingerprint density at radius 3 is 2.63 bits per heavy atom. The van der Waals surface area contributed by atoms with Crippen molar-refractivity contribution in [3.8, 4) is 12.3 Å². The molecule has 2 heterocycles. The van der Waals surface area contributed by atoms with Gasteiger partial charge >= 0.3 is 6.09 Å². The van der Waals surface area contributed by atoms with Gasteiger partial charge in [0.2, 0.25) is 0 Å². The molecule has 0 fully saturated rings. The summed E-state index contributed by atoms with van der Waals surface area (Å²) in [5, 5.41) is 2.72. The predicted octanol–water partition coefficient (Wildman–Crippen LogP) is 3.26. The number of terminal acetylenes is 1. The molecule has 0 saturated carbocycles. The topological polar surface area (TPSA) is 98.1 Å². The normalized spacial score (nSPS) is 12.1.